The van der Waals surface area contributed by atoms with E-state index in [9.17, 15) is 0 Å². The number of ether oxygens (including phenoxy) is 2. The topological polar surface area (TPSA) is 18.5 Å². The third-order valence-electron chi connectivity index (χ3n) is 0.621. The number of halogens is 1. The molecule has 0 amide bonds. The summed E-state index contributed by atoms with van der Waals surface area (Å²) in [5, 5.41) is 0.588. The normalized spacial score (nSPS) is 6.62. The van der Waals surface area contributed by atoms with E-state index in [1.807, 2.05) is 12.1 Å². The molecule has 0 aromatic heterocycles. The van der Waals surface area contributed by atoms with Crippen molar-refractivity contribution in [3.63, 3.8) is 0 Å². The molecule has 0 atom stereocenters. The van der Waals surface area contributed by atoms with Crippen LogP contribution >= 0.6 is 52.1 Å². The molecule has 0 unspecified atom stereocenters. The van der Waals surface area contributed by atoms with Crippen molar-refractivity contribution in [3.8, 4) is 0 Å². The number of alkyl halides is 1. The summed E-state index contributed by atoms with van der Waals surface area (Å²) in [5.41, 5.74) is 0. The minimum absolute atomic E-state index is 0.588. The summed E-state index contributed by atoms with van der Waals surface area (Å²) < 4.78 is 9.67. The quantitative estimate of drug-likeness (QED) is 0.503. The minimum Gasteiger partial charge on any atom is -0.491 e. The summed E-state index contributed by atoms with van der Waals surface area (Å²) in [7, 11) is 3.13. The smallest absolute Gasteiger partial charge is 0.219 e. The Hall–Kier alpha value is 0.610. The molecule has 0 heterocycles. The molecule has 0 aliphatic rings. The predicted molar refractivity (Wildman–Crippen MR) is 73.3 cm³/mol. The Morgan fingerprint density at radius 1 is 1.15 bits per heavy atom. The van der Waals surface area contributed by atoms with Gasteiger partial charge in [-0.2, -0.15) is 0 Å². The third-order valence-corrected chi connectivity index (χ3v) is 1.95. The second-order valence-electron chi connectivity index (χ2n) is 1.35. The van der Waals surface area contributed by atoms with Crippen LogP contribution in [0.2, 0.25) is 0 Å². The fraction of sp³-hybridized carbons (Fsp3) is 0.714. The first-order valence-corrected chi connectivity index (χ1v) is 6.75. The van der Waals surface area contributed by atoms with Crippen LogP contribution < -0.4 is 0 Å². The molecule has 0 rings (SSSR count). The van der Waals surface area contributed by atoms with Crippen LogP contribution in [-0.2, 0) is 9.47 Å². The number of hydrogen-bond acceptors (Lipinski definition) is 5. The third kappa shape index (κ3) is 32.5. The molecule has 0 bridgehead atoms. The summed E-state index contributed by atoms with van der Waals surface area (Å²) in [6.07, 6.45) is 1.88. The van der Waals surface area contributed by atoms with Crippen molar-refractivity contribution in [1.29, 1.82) is 0 Å². The van der Waals surface area contributed by atoms with Gasteiger partial charge in [0, 0.05) is 6.92 Å². The van der Waals surface area contributed by atoms with Crippen molar-refractivity contribution in [2.75, 3.05) is 26.3 Å². The van der Waals surface area contributed by atoms with Crippen molar-refractivity contribution < 1.29 is 9.47 Å². The van der Waals surface area contributed by atoms with E-state index in [1.54, 1.807) is 21.1 Å². The molecule has 0 N–H and O–H groups in total. The van der Waals surface area contributed by atoms with Crippen molar-refractivity contribution in [1.82, 2.24) is 0 Å². The zero-order valence-corrected chi connectivity index (χ0v) is 12.5. The van der Waals surface area contributed by atoms with Gasteiger partial charge in [0.2, 0.25) is 4.38 Å². The average molecular weight is 307 g/mol. The summed E-state index contributed by atoms with van der Waals surface area (Å²) in [6.45, 7) is 1.73. The Labute approximate surface area is 104 Å². The first kappa shape index (κ1) is 19.2. The first-order chi connectivity index (χ1) is 6.08. The SMILES string of the molecule is CBr.COC(=S)SC.COC(C)=S. The predicted octanol–water partition coefficient (Wildman–Crippen LogP) is 3.27. The number of rotatable bonds is 0. The lowest BCUT2D eigenvalue weighted by Crippen LogP contribution is -1.85. The number of thioether (sulfide) groups is 1. The summed E-state index contributed by atoms with van der Waals surface area (Å²) >= 11 is 13.4. The van der Waals surface area contributed by atoms with Crippen LogP contribution in [0.1, 0.15) is 6.92 Å². The van der Waals surface area contributed by atoms with E-state index in [2.05, 4.69) is 49.8 Å². The van der Waals surface area contributed by atoms with Crippen LogP contribution in [-0.4, -0.2) is 35.7 Å². The maximum absolute atomic E-state index is 4.60. The molecule has 0 saturated heterocycles. The van der Waals surface area contributed by atoms with Gasteiger partial charge in [-0.25, -0.2) is 0 Å². The van der Waals surface area contributed by atoms with Gasteiger partial charge in [0.05, 0.1) is 14.2 Å². The van der Waals surface area contributed by atoms with Gasteiger partial charge in [-0.05, 0) is 36.5 Å². The zero-order valence-electron chi connectivity index (χ0n) is 8.42. The molecule has 0 aliphatic heterocycles. The standard InChI is InChI=1S/C3H6OS2.C3H6OS.CH3Br/c1-4-3(5)6-2;1-3(5)4-2;1-2/h1-2H3;1-2H3;1H3. The molecule has 0 aromatic carbocycles. The van der Waals surface area contributed by atoms with Crippen LogP contribution in [0.3, 0.4) is 0 Å². The van der Waals surface area contributed by atoms with Crippen LogP contribution in [0.25, 0.3) is 0 Å². The Kier molecular flexibility index (Phi) is 27.2. The largest absolute Gasteiger partial charge is 0.491 e. The van der Waals surface area contributed by atoms with E-state index in [0.29, 0.717) is 9.43 Å². The summed E-state index contributed by atoms with van der Waals surface area (Å²) in [5.74, 6) is 1.81. The fourth-order valence-electron chi connectivity index (χ4n) is 0.0833. The molecule has 0 aromatic rings. The van der Waals surface area contributed by atoms with Crippen molar-refractivity contribution in [3.05, 3.63) is 0 Å². The monoisotopic (exact) mass is 306 g/mol. The van der Waals surface area contributed by atoms with E-state index < -0.39 is 0 Å². The highest BCUT2D eigenvalue weighted by atomic mass is 79.9. The van der Waals surface area contributed by atoms with Gasteiger partial charge in [-0.3, -0.25) is 0 Å². The van der Waals surface area contributed by atoms with Gasteiger partial charge in [-0.15, -0.1) is 0 Å². The van der Waals surface area contributed by atoms with Crippen molar-refractivity contribution >= 4 is 61.6 Å². The Morgan fingerprint density at radius 3 is 1.46 bits per heavy atom. The first-order valence-electron chi connectivity index (χ1n) is 3.12. The van der Waals surface area contributed by atoms with Crippen LogP contribution in [0, 0.1) is 0 Å². The second-order valence-corrected chi connectivity index (χ2v) is 3.34. The highest BCUT2D eigenvalue weighted by molar-refractivity contribution is 9.08. The lowest BCUT2D eigenvalue weighted by molar-refractivity contribution is 0.411. The minimum atomic E-state index is 0.588. The molecule has 0 fully saturated rings. The van der Waals surface area contributed by atoms with E-state index in [1.165, 1.54) is 11.8 Å². The lowest BCUT2D eigenvalue weighted by atomic mass is 10.9. The molecule has 0 radical (unpaired) electrons. The maximum Gasteiger partial charge on any atom is 0.219 e. The molecule has 0 aliphatic carbocycles. The Balaban J connectivity index is -0.000000131. The molecule has 2 nitrogen and oxygen atoms in total. The van der Waals surface area contributed by atoms with E-state index in [4.69, 9.17) is 0 Å². The number of thiocarbonyl (C=S) groups is 2. The van der Waals surface area contributed by atoms with Gasteiger partial charge >= 0.3 is 0 Å². The van der Waals surface area contributed by atoms with Gasteiger partial charge < -0.3 is 9.47 Å². The van der Waals surface area contributed by atoms with Crippen molar-refractivity contribution in [2.45, 2.75) is 6.92 Å². The number of methoxy groups -OCH3 is 2. The van der Waals surface area contributed by atoms with Crippen LogP contribution in [0.15, 0.2) is 0 Å². The fourth-order valence-corrected chi connectivity index (χ4v) is 0.250. The van der Waals surface area contributed by atoms with E-state index in [0.717, 1.165) is 0 Å². The van der Waals surface area contributed by atoms with Gasteiger partial charge in [0.25, 0.3) is 0 Å². The lowest BCUT2D eigenvalue weighted by Gasteiger charge is -1.90. The second kappa shape index (κ2) is 18.4. The molecule has 0 spiro atoms. The van der Waals surface area contributed by atoms with Gasteiger partial charge in [0.15, 0.2) is 5.05 Å². The Morgan fingerprint density at radius 2 is 1.46 bits per heavy atom. The maximum atomic E-state index is 4.60. The zero-order chi connectivity index (χ0) is 11.3. The molecular formula is C7H15BrO2S3. The molecule has 80 valence electrons. The van der Waals surface area contributed by atoms with E-state index in [-0.39, 0.29) is 0 Å². The summed E-state index contributed by atoms with van der Waals surface area (Å²) in [4.78, 5) is 0. The molecule has 13 heavy (non-hydrogen) atoms. The van der Waals surface area contributed by atoms with Crippen LogP contribution in [0.4, 0.5) is 0 Å². The number of hydrogen-bond donors (Lipinski definition) is 0. The van der Waals surface area contributed by atoms with Gasteiger partial charge in [0.1, 0.15) is 0 Å². The van der Waals surface area contributed by atoms with Crippen LogP contribution in [0.5, 0.6) is 0 Å². The van der Waals surface area contributed by atoms with Gasteiger partial charge in [-0.1, -0.05) is 27.7 Å². The Bertz CT molecular complexity index is 125. The molecular weight excluding hydrogens is 292 g/mol. The average Bonchev–Trinajstić information content (AvgIpc) is 2.20. The van der Waals surface area contributed by atoms with E-state index >= 15 is 0 Å². The highest BCUT2D eigenvalue weighted by Crippen LogP contribution is 1.95. The summed E-state index contributed by atoms with van der Waals surface area (Å²) in [6, 6.07) is 0. The molecule has 0 saturated carbocycles. The highest BCUT2D eigenvalue weighted by Gasteiger charge is 1.82. The van der Waals surface area contributed by atoms with Crippen molar-refractivity contribution in [2.24, 2.45) is 0 Å². The molecule has 6 heteroatoms.